The van der Waals surface area contributed by atoms with E-state index >= 15 is 0 Å². The number of hydrogen-bond acceptors (Lipinski definition) is 2. The highest BCUT2D eigenvalue weighted by atomic mass is 32.1. The van der Waals surface area contributed by atoms with Crippen LogP contribution >= 0.6 is 11.3 Å². The number of thiazole rings is 1. The molecule has 19 heavy (non-hydrogen) atoms. The molecule has 0 fully saturated rings. The summed E-state index contributed by atoms with van der Waals surface area (Å²) in [5.41, 5.74) is 4.92. The summed E-state index contributed by atoms with van der Waals surface area (Å²) in [4.78, 5) is 5.95. The summed E-state index contributed by atoms with van der Waals surface area (Å²) in [7, 11) is 0. The van der Waals surface area contributed by atoms with Crippen LogP contribution in [0.2, 0.25) is 0 Å². The highest BCUT2D eigenvalue weighted by molar-refractivity contribution is 7.07. The average Bonchev–Trinajstić information content (AvgIpc) is 2.71. The van der Waals surface area contributed by atoms with Gasteiger partial charge in [0.2, 0.25) is 0 Å². The lowest BCUT2D eigenvalue weighted by atomic mass is 10.1. The first kappa shape index (κ1) is 14.1. The third-order valence-corrected chi connectivity index (χ3v) is 4.28. The largest absolute Gasteiger partial charge is 0.321 e. The van der Waals surface area contributed by atoms with E-state index in [0.29, 0.717) is 0 Å². The quantitative estimate of drug-likeness (QED) is 0.780. The molecule has 1 aromatic carbocycles. The van der Waals surface area contributed by atoms with Crippen LogP contribution in [0.1, 0.15) is 36.6 Å². The summed E-state index contributed by atoms with van der Waals surface area (Å²) < 4.78 is 2.33. The highest BCUT2D eigenvalue weighted by Crippen LogP contribution is 2.19. The Hall–Kier alpha value is -1.35. The Balaban J connectivity index is 2.43. The molecule has 0 aliphatic rings. The van der Waals surface area contributed by atoms with Crippen LogP contribution in [0.15, 0.2) is 28.6 Å². The number of benzene rings is 1. The second kappa shape index (κ2) is 6.20. The minimum atomic E-state index is 1.07. The second-order valence-electron chi connectivity index (χ2n) is 5.07. The van der Waals surface area contributed by atoms with Crippen LogP contribution in [0.3, 0.4) is 0 Å². The smallest absolute Gasteiger partial charge is 0.190 e. The van der Waals surface area contributed by atoms with Crippen molar-refractivity contribution in [2.45, 2.75) is 47.1 Å². The molecule has 0 N–H and O–H groups in total. The molecule has 1 heterocycles. The van der Waals surface area contributed by atoms with Crippen molar-refractivity contribution in [1.29, 1.82) is 0 Å². The first-order valence-corrected chi connectivity index (χ1v) is 7.76. The molecule has 0 amide bonds. The van der Waals surface area contributed by atoms with Crippen molar-refractivity contribution in [2.24, 2.45) is 4.99 Å². The van der Waals surface area contributed by atoms with Gasteiger partial charge in [-0.05, 0) is 38.8 Å². The van der Waals surface area contributed by atoms with Gasteiger partial charge in [-0.25, -0.2) is 4.99 Å². The van der Waals surface area contributed by atoms with Gasteiger partial charge in [-0.3, -0.25) is 0 Å². The average molecular weight is 274 g/mol. The Morgan fingerprint density at radius 2 is 2.00 bits per heavy atom. The van der Waals surface area contributed by atoms with E-state index in [1.54, 1.807) is 11.3 Å². The zero-order chi connectivity index (χ0) is 13.8. The van der Waals surface area contributed by atoms with Gasteiger partial charge < -0.3 is 4.57 Å². The zero-order valence-corrected chi connectivity index (χ0v) is 13.0. The Labute approximate surface area is 119 Å². The highest BCUT2D eigenvalue weighted by Gasteiger charge is 2.02. The number of rotatable bonds is 4. The molecule has 0 aliphatic heterocycles. The Morgan fingerprint density at radius 1 is 1.21 bits per heavy atom. The first-order valence-electron chi connectivity index (χ1n) is 6.88. The maximum Gasteiger partial charge on any atom is 0.190 e. The molecule has 2 nitrogen and oxygen atoms in total. The lowest BCUT2D eigenvalue weighted by molar-refractivity contribution is 0.605. The van der Waals surface area contributed by atoms with Crippen LogP contribution < -0.4 is 4.80 Å². The van der Waals surface area contributed by atoms with Gasteiger partial charge in [-0.2, -0.15) is 0 Å². The third kappa shape index (κ3) is 3.35. The topological polar surface area (TPSA) is 17.3 Å². The van der Waals surface area contributed by atoms with Gasteiger partial charge in [0.1, 0.15) is 0 Å². The molecule has 0 unspecified atom stereocenters. The van der Waals surface area contributed by atoms with Crippen LogP contribution in [0.25, 0.3) is 0 Å². The molecule has 0 saturated heterocycles. The SMILES string of the molecule is CCCCn1c(C)csc1=Nc1ccc(C)cc1C. The fraction of sp³-hybridized carbons (Fsp3) is 0.438. The lowest BCUT2D eigenvalue weighted by Crippen LogP contribution is -2.16. The van der Waals surface area contributed by atoms with E-state index in [1.165, 1.54) is 29.7 Å². The number of unbranched alkanes of at least 4 members (excludes halogenated alkanes) is 1. The van der Waals surface area contributed by atoms with Crippen LogP contribution in [-0.4, -0.2) is 4.57 Å². The van der Waals surface area contributed by atoms with E-state index in [0.717, 1.165) is 17.0 Å². The molecule has 3 heteroatoms. The standard InChI is InChI=1S/C16H22N2S/c1-5-6-9-18-14(4)11-19-16(18)17-15-8-7-12(2)10-13(15)3/h7-8,10-11H,5-6,9H2,1-4H3. The summed E-state index contributed by atoms with van der Waals surface area (Å²) in [6.07, 6.45) is 2.42. The molecule has 0 spiro atoms. The molecule has 2 aromatic rings. The summed E-state index contributed by atoms with van der Waals surface area (Å²) in [6.45, 7) is 9.70. The van der Waals surface area contributed by atoms with E-state index in [1.807, 2.05) is 0 Å². The van der Waals surface area contributed by atoms with Crippen molar-refractivity contribution in [3.8, 4) is 0 Å². The minimum Gasteiger partial charge on any atom is -0.321 e. The Kier molecular flexibility index (Phi) is 4.59. The van der Waals surface area contributed by atoms with Crippen LogP contribution in [-0.2, 0) is 6.54 Å². The minimum absolute atomic E-state index is 1.07. The van der Waals surface area contributed by atoms with Gasteiger partial charge in [0.25, 0.3) is 0 Å². The fourth-order valence-corrected chi connectivity index (χ4v) is 3.04. The molecular weight excluding hydrogens is 252 g/mol. The van der Waals surface area contributed by atoms with Crippen LogP contribution in [0.4, 0.5) is 5.69 Å². The molecule has 0 saturated carbocycles. The number of aryl methyl sites for hydroxylation is 3. The maximum atomic E-state index is 4.84. The number of aromatic nitrogens is 1. The molecule has 0 bridgehead atoms. The molecule has 0 aliphatic carbocycles. The van der Waals surface area contributed by atoms with Gasteiger partial charge >= 0.3 is 0 Å². The molecule has 102 valence electrons. The number of nitrogens with zero attached hydrogens (tertiary/aromatic N) is 2. The molecule has 2 rings (SSSR count). The van der Waals surface area contributed by atoms with Crippen LogP contribution in [0, 0.1) is 20.8 Å². The van der Waals surface area contributed by atoms with Crippen molar-refractivity contribution in [1.82, 2.24) is 4.57 Å². The van der Waals surface area contributed by atoms with E-state index in [4.69, 9.17) is 4.99 Å². The Bertz CT molecular complexity index is 620. The lowest BCUT2D eigenvalue weighted by Gasteiger charge is -2.05. The van der Waals surface area contributed by atoms with Crippen LogP contribution in [0.5, 0.6) is 0 Å². The summed E-state index contributed by atoms with van der Waals surface area (Å²) in [5, 5.41) is 2.19. The van der Waals surface area contributed by atoms with Crippen molar-refractivity contribution in [3.05, 3.63) is 45.2 Å². The second-order valence-corrected chi connectivity index (χ2v) is 5.90. The summed E-state index contributed by atoms with van der Waals surface area (Å²) in [5.74, 6) is 0. The number of hydrogen-bond donors (Lipinski definition) is 0. The van der Waals surface area contributed by atoms with E-state index < -0.39 is 0 Å². The summed E-state index contributed by atoms with van der Waals surface area (Å²) in [6, 6.07) is 6.43. The van der Waals surface area contributed by atoms with Crippen molar-refractivity contribution >= 4 is 17.0 Å². The normalized spacial score (nSPS) is 12.1. The van der Waals surface area contributed by atoms with Gasteiger partial charge in [0.15, 0.2) is 4.80 Å². The van der Waals surface area contributed by atoms with Crippen molar-refractivity contribution in [2.75, 3.05) is 0 Å². The van der Waals surface area contributed by atoms with Gasteiger partial charge in [0, 0.05) is 17.6 Å². The molecule has 0 radical (unpaired) electrons. The van der Waals surface area contributed by atoms with Crippen molar-refractivity contribution in [3.63, 3.8) is 0 Å². The Morgan fingerprint density at radius 3 is 2.68 bits per heavy atom. The predicted molar refractivity (Wildman–Crippen MR) is 83.1 cm³/mol. The third-order valence-electron chi connectivity index (χ3n) is 3.30. The van der Waals surface area contributed by atoms with Gasteiger partial charge in [-0.1, -0.05) is 31.0 Å². The van der Waals surface area contributed by atoms with E-state index in [-0.39, 0.29) is 0 Å². The monoisotopic (exact) mass is 274 g/mol. The van der Waals surface area contributed by atoms with Crippen molar-refractivity contribution < 1.29 is 0 Å². The molecular formula is C16H22N2S. The van der Waals surface area contributed by atoms with Gasteiger partial charge in [-0.15, -0.1) is 11.3 Å². The molecule has 1 aromatic heterocycles. The predicted octanol–water partition coefficient (Wildman–Crippen LogP) is 4.51. The zero-order valence-electron chi connectivity index (χ0n) is 12.2. The summed E-state index contributed by atoms with van der Waals surface area (Å²) >= 11 is 1.73. The van der Waals surface area contributed by atoms with E-state index in [2.05, 4.69) is 55.8 Å². The van der Waals surface area contributed by atoms with E-state index in [9.17, 15) is 0 Å². The maximum absolute atomic E-state index is 4.84. The molecule has 0 atom stereocenters. The van der Waals surface area contributed by atoms with Gasteiger partial charge in [0.05, 0.1) is 5.69 Å². The first-order chi connectivity index (χ1) is 9.11. The fourth-order valence-electron chi connectivity index (χ4n) is 2.12.